The predicted molar refractivity (Wildman–Crippen MR) is 115 cm³/mol. The molecule has 34 heavy (non-hydrogen) atoms. The Morgan fingerprint density at radius 2 is 2.06 bits per heavy atom. The van der Waals surface area contributed by atoms with Crippen molar-refractivity contribution in [2.24, 2.45) is 0 Å². The maximum atomic E-state index is 13.6. The summed E-state index contributed by atoms with van der Waals surface area (Å²) >= 11 is 0. The van der Waals surface area contributed by atoms with Gasteiger partial charge in [-0.05, 0) is 31.9 Å². The molecule has 12 heteroatoms. The molecule has 4 aromatic rings. The Morgan fingerprint density at radius 1 is 1.21 bits per heavy atom. The number of oxazole rings is 1. The number of nitrogens with zero attached hydrogens (tertiary/aromatic N) is 6. The second kappa shape index (κ2) is 6.75. The fourth-order valence-electron chi connectivity index (χ4n) is 4.74. The van der Waals surface area contributed by atoms with Crippen LogP contribution in [0.1, 0.15) is 48.9 Å². The van der Waals surface area contributed by atoms with Crippen molar-refractivity contribution in [3.8, 4) is 11.5 Å². The second-order valence-corrected chi connectivity index (χ2v) is 9.16. The first-order chi connectivity index (χ1) is 16.3. The molecule has 3 aliphatic rings. The summed E-state index contributed by atoms with van der Waals surface area (Å²) in [5, 5.41) is 5.03. The summed E-state index contributed by atoms with van der Waals surface area (Å²) < 4.78 is 43.8. The van der Waals surface area contributed by atoms with Gasteiger partial charge in [-0.1, -0.05) is 0 Å². The molecule has 0 radical (unpaired) electrons. The summed E-state index contributed by atoms with van der Waals surface area (Å²) in [5.41, 5.74) is 7.75. The zero-order valence-electron chi connectivity index (χ0n) is 18.3. The summed E-state index contributed by atoms with van der Waals surface area (Å²) in [6, 6.07) is 3.16. The molecule has 7 rings (SSSR count). The van der Waals surface area contributed by atoms with Gasteiger partial charge in [0.05, 0.1) is 12.2 Å². The smallest absolute Gasteiger partial charge is 0.444 e. The van der Waals surface area contributed by atoms with Gasteiger partial charge in [-0.15, -0.1) is 13.9 Å². The lowest BCUT2D eigenvalue weighted by atomic mass is 10.1. The molecule has 0 spiro atoms. The van der Waals surface area contributed by atoms with E-state index < -0.39 is 6.29 Å². The Balaban J connectivity index is 1.17. The van der Waals surface area contributed by atoms with Gasteiger partial charge in [-0.2, -0.15) is 4.52 Å². The van der Waals surface area contributed by atoms with Gasteiger partial charge in [0.15, 0.2) is 28.9 Å². The van der Waals surface area contributed by atoms with Gasteiger partial charge in [0, 0.05) is 36.7 Å². The van der Waals surface area contributed by atoms with E-state index in [4.69, 9.17) is 10.2 Å². The number of halogens is 2. The number of benzene rings is 1. The molecule has 0 saturated heterocycles. The average Bonchev–Trinajstić information content (AvgIpc) is 3.27. The van der Waals surface area contributed by atoms with Crippen LogP contribution in [0.4, 0.5) is 14.7 Å². The van der Waals surface area contributed by atoms with E-state index in [9.17, 15) is 8.78 Å². The van der Waals surface area contributed by atoms with E-state index in [2.05, 4.69) is 41.3 Å². The first-order valence-electron chi connectivity index (χ1n) is 11.3. The number of nitrogens with two attached hydrogens (primary N) is 1. The largest absolute Gasteiger partial charge is 0.586 e. The van der Waals surface area contributed by atoms with Crippen molar-refractivity contribution in [3.63, 3.8) is 0 Å². The number of rotatable bonds is 4. The highest BCUT2D eigenvalue weighted by Crippen LogP contribution is 2.45. The molecule has 176 valence electrons. The van der Waals surface area contributed by atoms with Crippen LogP contribution in [0, 0.1) is 0 Å². The summed E-state index contributed by atoms with van der Waals surface area (Å²) in [4.78, 5) is 15.9. The third kappa shape index (κ3) is 3.08. The third-order valence-electron chi connectivity index (χ3n) is 6.69. The maximum Gasteiger partial charge on any atom is 0.586 e. The molecular weight excluding hydrogens is 448 g/mol. The van der Waals surface area contributed by atoms with Gasteiger partial charge >= 0.3 is 6.29 Å². The minimum absolute atomic E-state index is 0.0259. The molecule has 2 aliphatic heterocycles. The van der Waals surface area contributed by atoms with E-state index in [-0.39, 0.29) is 29.0 Å². The zero-order chi connectivity index (χ0) is 23.2. The molecular formula is C22H21F2N7O3. The molecule has 5 heterocycles. The molecule has 1 aromatic carbocycles. The number of hydrogen-bond acceptors (Lipinski definition) is 9. The SMILES string of the molecule is C[C@H](Cc1nc2c3ccc4c(c3nc(N)n2n1)OC(F)(F)O4)N1CCc2nc(C3CC3)oc2C1. The minimum Gasteiger partial charge on any atom is -0.444 e. The minimum atomic E-state index is -3.75. The molecule has 1 atom stereocenters. The molecule has 3 aromatic heterocycles. The van der Waals surface area contributed by atoms with Crippen LogP contribution in [-0.4, -0.2) is 48.3 Å². The summed E-state index contributed by atoms with van der Waals surface area (Å²) in [6.07, 6.45) is 0.00885. The fraction of sp³-hybridized carbons (Fsp3) is 0.455. The van der Waals surface area contributed by atoms with Crippen molar-refractivity contribution >= 4 is 22.5 Å². The van der Waals surface area contributed by atoms with Crippen LogP contribution in [0.25, 0.3) is 16.6 Å². The summed E-state index contributed by atoms with van der Waals surface area (Å²) in [7, 11) is 0. The molecule has 0 amide bonds. The van der Waals surface area contributed by atoms with Crippen LogP contribution in [0.5, 0.6) is 11.5 Å². The van der Waals surface area contributed by atoms with Gasteiger partial charge < -0.3 is 19.6 Å². The highest BCUT2D eigenvalue weighted by Gasteiger charge is 2.45. The predicted octanol–water partition coefficient (Wildman–Crippen LogP) is 3.04. The number of alkyl halides is 2. The van der Waals surface area contributed by atoms with E-state index in [0.717, 1.165) is 43.2 Å². The van der Waals surface area contributed by atoms with Crippen molar-refractivity contribution in [2.75, 3.05) is 12.3 Å². The molecule has 0 bridgehead atoms. The normalized spacial score (nSPS) is 20.2. The van der Waals surface area contributed by atoms with Gasteiger partial charge in [-0.25, -0.2) is 15.0 Å². The number of ether oxygens (including phenoxy) is 2. The number of anilines is 1. The quantitative estimate of drug-likeness (QED) is 0.481. The number of fused-ring (bicyclic) bond motifs is 6. The topological polar surface area (TPSA) is 117 Å². The first-order valence-corrected chi connectivity index (χ1v) is 11.3. The Labute approximate surface area is 191 Å². The highest BCUT2D eigenvalue weighted by molar-refractivity contribution is 5.97. The Hall–Kier alpha value is -3.54. The Kier molecular flexibility index (Phi) is 3.95. The van der Waals surface area contributed by atoms with Gasteiger partial charge in [0.25, 0.3) is 0 Å². The summed E-state index contributed by atoms with van der Waals surface area (Å²) in [5.74, 6) is 2.69. The lowest BCUT2D eigenvalue weighted by Gasteiger charge is -2.30. The third-order valence-corrected chi connectivity index (χ3v) is 6.69. The standard InChI is InChI=1S/C22H21F2N7O3/c1-10(30-7-6-13-15(9-30)32-20(26-13)11-2-3-11)8-16-27-19-12-4-5-14-18(34-22(23,24)33-14)17(12)28-21(25)31(19)29-16/h4-5,10-11H,2-3,6-9H2,1H3,(H2,25,28)/t10-/m1/s1. The van der Waals surface area contributed by atoms with Crippen LogP contribution in [0.15, 0.2) is 16.5 Å². The fourth-order valence-corrected chi connectivity index (χ4v) is 4.74. The van der Waals surface area contributed by atoms with Crippen LogP contribution in [0.2, 0.25) is 0 Å². The second-order valence-electron chi connectivity index (χ2n) is 9.16. The van der Waals surface area contributed by atoms with Crippen LogP contribution >= 0.6 is 0 Å². The molecule has 10 nitrogen and oxygen atoms in total. The molecule has 0 unspecified atom stereocenters. The van der Waals surface area contributed by atoms with Gasteiger partial charge in [0.1, 0.15) is 11.3 Å². The molecule has 1 aliphatic carbocycles. The van der Waals surface area contributed by atoms with Crippen LogP contribution in [0.3, 0.4) is 0 Å². The Morgan fingerprint density at radius 3 is 2.88 bits per heavy atom. The Bertz CT molecular complexity index is 1460. The number of hydrogen-bond donors (Lipinski definition) is 1. The van der Waals surface area contributed by atoms with Crippen molar-refractivity contribution in [2.45, 2.75) is 57.4 Å². The van der Waals surface area contributed by atoms with Gasteiger partial charge in [-0.3, -0.25) is 4.90 Å². The summed E-state index contributed by atoms with van der Waals surface area (Å²) in [6.45, 7) is 3.70. The van der Waals surface area contributed by atoms with Crippen LogP contribution < -0.4 is 15.2 Å². The molecule has 1 saturated carbocycles. The monoisotopic (exact) mass is 469 g/mol. The van der Waals surface area contributed by atoms with Crippen molar-refractivity contribution in [1.82, 2.24) is 29.5 Å². The molecule has 1 fully saturated rings. The number of aromatic nitrogens is 5. The maximum absolute atomic E-state index is 13.6. The van der Waals surface area contributed by atoms with E-state index >= 15 is 0 Å². The average molecular weight is 469 g/mol. The van der Waals surface area contributed by atoms with E-state index in [1.165, 1.54) is 10.6 Å². The molecule has 2 N–H and O–H groups in total. The van der Waals surface area contributed by atoms with Gasteiger partial charge in [0.2, 0.25) is 5.95 Å². The zero-order valence-corrected chi connectivity index (χ0v) is 18.3. The van der Waals surface area contributed by atoms with Crippen LogP contribution in [-0.2, 0) is 19.4 Å². The highest BCUT2D eigenvalue weighted by atomic mass is 19.3. The lowest BCUT2D eigenvalue weighted by molar-refractivity contribution is -0.286. The van der Waals surface area contributed by atoms with E-state index in [0.29, 0.717) is 35.7 Å². The lowest BCUT2D eigenvalue weighted by Crippen LogP contribution is -2.38. The van der Waals surface area contributed by atoms with E-state index in [1.807, 2.05) is 0 Å². The number of nitrogen functional groups attached to an aromatic ring is 1. The van der Waals surface area contributed by atoms with Crippen molar-refractivity contribution < 1.29 is 22.7 Å². The van der Waals surface area contributed by atoms with Crippen molar-refractivity contribution in [3.05, 3.63) is 35.3 Å². The first kappa shape index (κ1) is 19.9. The van der Waals surface area contributed by atoms with Crippen molar-refractivity contribution in [1.29, 1.82) is 0 Å². The van der Waals surface area contributed by atoms with E-state index in [1.54, 1.807) is 6.07 Å².